The lowest BCUT2D eigenvalue weighted by Gasteiger charge is -2.35. The average Bonchev–Trinajstić information content (AvgIpc) is 2.64. The molecule has 0 rings (SSSR count). The molecular formula is C25H54NO4P. The summed E-state index contributed by atoms with van der Waals surface area (Å²) in [6, 6.07) is 0. The summed E-state index contributed by atoms with van der Waals surface area (Å²) in [6.07, 6.45) is 21.2. The fourth-order valence-corrected chi connectivity index (χ4v) is 5.05. The first-order valence-electron chi connectivity index (χ1n) is 13.1. The van der Waals surface area contributed by atoms with Crippen molar-refractivity contribution in [3.05, 3.63) is 0 Å². The van der Waals surface area contributed by atoms with Gasteiger partial charge in [-0.2, -0.15) is 0 Å². The molecule has 3 atom stereocenters. The van der Waals surface area contributed by atoms with Crippen LogP contribution in [0.3, 0.4) is 0 Å². The Bertz CT molecular complexity index is 447. The van der Waals surface area contributed by atoms with Crippen molar-refractivity contribution in [2.75, 3.05) is 27.7 Å². The Morgan fingerprint density at radius 2 is 1.16 bits per heavy atom. The first-order valence-corrected chi connectivity index (χ1v) is 14.6. The maximum Gasteiger partial charge on any atom is 0.265 e. The van der Waals surface area contributed by atoms with Crippen LogP contribution in [0.2, 0.25) is 0 Å². The Kier molecular flexibility index (Phi) is 18.5. The first kappa shape index (κ1) is 31.1. The molecule has 0 aromatic carbocycles. The zero-order chi connectivity index (χ0) is 23.6. The van der Waals surface area contributed by atoms with Gasteiger partial charge in [0.2, 0.25) is 0 Å². The number of likely N-dealkylation sites (N-methyl/N-ethyl adjacent to an activating group) is 1. The fraction of sp³-hybridized carbons (Fsp3) is 1.00. The third-order valence-electron chi connectivity index (χ3n) is 6.11. The Hall–Kier alpha value is 0.0700. The molecule has 0 fully saturated rings. The number of nitrogens with zero attached hydrogens (tertiary/aromatic N) is 1. The Morgan fingerprint density at radius 1 is 0.742 bits per heavy atom. The first-order chi connectivity index (χ1) is 14.6. The second-order valence-corrected chi connectivity index (χ2v) is 11.7. The van der Waals surface area contributed by atoms with Crippen molar-refractivity contribution in [1.29, 1.82) is 0 Å². The summed E-state index contributed by atoms with van der Waals surface area (Å²) in [5.41, 5.74) is 0. The lowest BCUT2D eigenvalue weighted by molar-refractivity contribution is -0.873. The number of rotatable bonds is 22. The fourth-order valence-electron chi connectivity index (χ4n) is 4.47. The molecule has 0 bridgehead atoms. The van der Waals surface area contributed by atoms with Crippen LogP contribution >= 0.6 is 7.82 Å². The quantitative estimate of drug-likeness (QED) is 0.109. The van der Waals surface area contributed by atoms with Crippen molar-refractivity contribution in [1.82, 2.24) is 0 Å². The van der Waals surface area contributed by atoms with Crippen LogP contribution in [0.5, 0.6) is 0 Å². The van der Waals surface area contributed by atoms with Gasteiger partial charge in [0.1, 0.15) is 12.6 Å². The maximum atomic E-state index is 11.4. The summed E-state index contributed by atoms with van der Waals surface area (Å²) in [5, 5.41) is 0. The van der Waals surface area contributed by atoms with Gasteiger partial charge in [-0.15, -0.1) is 0 Å². The van der Waals surface area contributed by atoms with E-state index in [-0.39, 0.29) is 5.92 Å². The molecule has 5 nitrogen and oxygen atoms in total. The van der Waals surface area contributed by atoms with Gasteiger partial charge in [0.15, 0.2) is 0 Å². The van der Waals surface area contributed by atoms with Crippen molar-refractivity contribution in [2.24, 2.45) is 5.92 Å². The molecule has 0 aliphatic carbocycles. The second-order valence-electron chi connectivity index (χ2n) is 10.5. The summed E-state index contributed by atoms with van der Waals surface area (Å²) in [7, 11) is 1.36. The predicted molar refractivity (Wildman–Crippen MR) is 131 cm³/mol. The van der Waals surface area contributed by atoms with E-state index >= 15 is 0 Å². The maximum absolute atomic E-state index is 11.4. The lowest BCUT2D eigenvalue weighted by Crippen LogP contribution is -2.45. The SMILES string of the molecule is CCCCCCCCCCCCCCCCC(CCC)C(C[N+](C)(C)C)OP(=O)([O-])O. The van der Waals surface area contributed by atoms with Crippen molar-refractivity contribution >= 4 is 7.82 Å². The summed E-state index contributed by atoms with van der Waals surface area (Å²) in [6.45, 7) is 4.97. The molecule has 3 unspecified atom stereocenters. The van der Waals surface area contributed by atoms with Gasteiger partial charge in [-0.3, -0.25) is 4.57 Å². The molecule has 0 aliphatic heterocycles. The van der Waals surface area contributed by atoms with E-state index in [0.29, 0.717) is 11.0 Å². The molecule has 6 heteroatoms. The molecule has 0 heterocycles. The molecule has 0 saturated carbocycles. The Balaban J connectivity index is 4.00. The number of unbranched alkanes of at least 4 members (excludes halogenated alkanes) is 13. The van der Waals surface area contributed by atoms with Gasteiger partial charge in [-0.25, -0.2) is 0 Å². The molecule has 1 N–H and O–H groups in total. The minimum absolute atomic E-state index is 0.175. The van der Waals surface area contributed by atoms with Crippen LogP contribution < -0.4 is 4.89 Å². The molecular weight excluding hydrogens is 409 g/mol. The van der Waals surface area contributed by atoms with E-state index in [1.165, 1.54) is 83.5 Å². The van der Waals surface area contributed by atoms with Gasteiger partial charge in [-0.1, -0.05) is 110 Å². The number of hydrogen-bond acceptors (Lipinski definition) is 3. The highest BCUT2D eigenvalue weighted by Crippen LogP contribution is 2.37. The summed E-state index contributed by atoms with van der Waals surface area (Å²) < 4.78 is 17.1. The highest BCUT2D eigenvalue weighted by molar-refractivity contribution is 7.44. The lowest BCUT2D eigenvalue weighted by atomic mass is 9.90. The monoisotopic (exact) mass is 463 g/mol. The largest absolute Gasteiger partial charge is 0.756 e. The average molecular weight is 464 g/mol. The number of phosphoric ester groups is 1. The van der Waals surface area contributed by atoms with Crippen LogP contribution in [0.1, 0.15) is 123 Å². The van der Waals surface area contributed by atoms with Crippen LogP contribution in [0.4, 0.5) is 0 Å². The molecule has 188 valence electrons. The van der Waals surface area contributed by atoms with E-state index < -0.39 is 13.9 Å². The second kappa shape index (κ2) is 18.5. The summed E-state index contributed by atoms with van der Waals surface area (Å²) >= 11 is 0. The Morgan fingerprint density at radius 3 is 1.52 bits per heavy atom. The number of hydrogen-bond donors (Lipinski definition) is 1. The van der Waals surface area contributed by atoms with Gasteiger partial charge in [0.25, 0.3) is 7.82 Å². The highest BCUT2D eigenvalue weighted by atomic mass is 31.2. The molecule has 31 heavy (non-hydrogen) atoms. The van der Waals surface area contributed by atoms with Gasteiger partial charge in [0.05, 0.1) is 21.1 Å². The van der Waals surface area contributed by atoms with Crippen molar-refractivity contribution in [3.63, 3.8) is 0 Å². The van der Waals surface area contributed by atoms with E-state index in [1.54, 1.807) is 0 Å². The third kappa shape index (κ3) is 21.7. The summed E-state index contributed by atoms with van der Waals surface area (Å²) in [5.74, 6) is 0.175. The third-order valence-corrected chi connectivity index (χ3v) is 6.65. The van der Waals surface area contributed by atoms with E-state index in [0.717, 1.165) is 25.7 Å². The van der Waals surface area contributed by atoms with Crippen LogP contribution in [0.15, 0.2) is 0 Å². The molecule has 0 saturated heterocycles. The molecule has 0 aliphatic rings. The molecule has 0 aromatic rings. The number of quaternary nitrogens is 1. The van der Waals surface area contributed by atoms with Gasteiger partial charge < -0.3 is 18.8 Å². The normalized spacial score (nSPS) is 16.2. The molecule has 0 aromatic heterocycles. The van der Waals surface area contributed by atoms with E-state index in [2.05, 4.69) is 13.8 Å². The van der Waals surface area contributed by atoms with Gasteiger partial charge in [-0.05, 0) is 18.8 Å². The highest BCUT2D eigenvalue weighted by Gasteiger charge is 2.29. The van der Waals surface area contributed by atoms with Gasteiger partial charge in [0, 0.05) is 0 Å². The summed E-state index contributed by atoms with van der Waals surface area (Å²) in [4.78, 5) is 20.7. The molecule has 0 amide bonds. The van der Waals surface area contributed by atoms with Crippen LogP contribution in [0, 0.1) is 5.92 Å². The zero-order valence-corrected chi connectivity index (χ0v) is 22.3. The van der Waals surface area contributed by atoms with Gasteiger partial charge >= 0.3 is 0 Å². The van der Waals surface area contributed by atoms with E-state index in [1.807, 2.05) is 21.1 Å². The van der Waals surface area contributed by atoms with Crippen molar-refractivity contribution in [3.8, 4) is 0 Å². The number of phosphoric acid groups is 1. The van der Waals surface area contributed by atoms with Crippen molar-refractivity contribution < 1.29 is 23.4 Å². The minimum Gasteiger partial charge on any atom is -0.756 e. The van der Waals surface area contributed by atoms with Crippen molar-refractivity contribution in [2.45, 2.75) is 129 Å². The minimum atomic E-state index is -4.72. The van der Waals surface area contributed by atoms with Crippen LogP contribution in [0.25, 0.3) is 0 Å². The predicted octanol–water partition coefficient (Wildman–Crippen LogP) is 6.83. The topological polar surface area (TPSA) is 69.6 Å². The standard InChI is InChI=1S/C25H54NO4P/c1-6-8-9-10-11-12-13-14-15-16-17-18-19-20-22-24(21-7-2)25(23-26(3,4)5)30-31(27,28)29/h24-25H,6-23H2,1-5H3,(H-,27,28,29). The van der Waals surface area contributed by atoms with E-state index in [4.69, 9.17) is 4.52 Å². The van der Waals surface area contributed by atoms with Crippen LogP contribution in [-0.4, -0.2) is 43.2 Å². The smallest absolute Gasteiger partial charge is 0.265 e. The zero-order valence-electron chi connectivity index (χ0n) is 21.4. The molecule has 0 spiro atoms. The Labute approximate surface area is 194 Å². The molecule has 0 radical (unpaired) electrons. The van der Waals surface area contributed by atoms with Crippen LogP contribution in [-0.2, 0) is 9.09 Å². The van der Waals surface area contributed by atoms with E-state index in [9.17, 15) is 14.4 Å².